The van der Waals surface area contributed by atoms with Crippen LogP contribution in [-0.4, -0.2) is 28.0 Å². The first-order valence-electron chi connectivity index (χ1n) is 9.05. The minimum absolute atomic E-state index is 0.0862. The lowest BCUT2D eigenvalue weighted by molar-refractivity contribution is 0.185. The fourth-order valence-electron chi connectivity index (χ4n) is 3.58. The predicted octanol–water partition coefficient (Wildman–Crippen LogP) is 3.03. The number of piperidine rings is 1. The smallest absolute Gasteiger partial charge is 0.222 e. The molecule has 6 nitrogen and oxygen atoms in total. The summed E-state index contributed by atoms with van der Waals surface area (Å²) in [6.45, 7) is 9.63. The zero-order valence-corrected chi connectivity index (χ0v) is 15.7. The molecule has 0 unspecified atom stereocenters. The zero-order chi connectivity index (χ0) is 18.8. The molecule has 0 spiro atoms. The van der Waals surface area contributed by atoms with Crippen molar-refractivity contribution in [2.75, 3.05) is 24.6 Å². The van der Waals surface area contributed by atoms with E-state index in [0.29, 0.717) is 5.69 Å². The number of likely N-dealkylation sites (tertiary alicyclic amines) is 1. The van der Waals surface area contributed by atoms with Gasteiger partial charge in [0.1, 0.15) is 17.5 Å². The van der Waals surface area contributed by atoms with Gasteiger partial charge in [0.2, 0.25) is 5.95 Å². The lowest BCUT2D eigenvalue weighted by Crippen LogP contribution is -2.32. The molecule has 1 aliphatic heterocycles. The van der Waals surface area contributed by atoms with Crippen molar-refractivity contribution >= 4 is 11.8 Å². The standard InChI is InChI=1S/C20H26N6/c1-12-4-6-26(7-5-12)11-15-9-16(14(3)8-13(15)2)18-17(10-21)19(22)25-20(23)24-18/h8-9,12H,4-7,11H2,1-3H3,(H4,22,23,24,25). The Bertz CT molecular complexity index is 860. The van der Waals surface area contributed by atoms with Crippen LogP contribution in [0.15, 0.2) is 12.1 Å². The minimum atomic E-state index is 0.0862. The molecule has 4 N–H and O–H groups in total. The summed E-state index contributed by atoms with van der Waals surface area (Å²) in [5.74, 6) is 1.02. The third-order valence-electron chi connectivity index (χ3n) is 5.27. The molecule has 2 heterocycles. The van der Waals surface area contributed by atoms with Crippen LogP contribution in [0.5, 0.6) is 0 Å². The van der Waals surface area contributed by atoms with Crippen molar-refractivity contribution in [1.82, 2.24) is 14.9 Å². The molecule has 0 atom stereocenters. The molecule has 3 rings (SSSR count). The first kappa shape index (κ1) is 18.2. The van der Waals surface area contributed by atoms with E-state index >= 15 is 0 Å². The SMILES string of the molecule is Cc1cc(C)c(-c2nc(N)nc(N)c2C#N)cc1CN1CCC(C)CC1. The van der Waals surface area contributed by atoms with Gasteiger partial charge in [-0.05, 0) is 68.5 Å². The molecule has 136 valence electrons. The summed E-state index contributed by atoms with van der Waals surface area (Å²) in [6, 6.07) is 6.40. The molecule has 1 saturated heterocycles. The maximum absolute atomic E-state index is 9.49. The third-order valence-corrected chi connectivity index (χ3v) is 5.27. The van der Waals surface area contributed by atoms with Crippen LogP contribution in [0.25, 0.3) is 11.3 Å². The third kappa shape index (κ3) is 3.63. The van der Waals surface area contributed by atoms with Gasteiger partial charge >= 0.3 is 0 Å². The highest BCUT2D eigenvalue weighted by Crippen LogP contribution is 2.31. The van der Waals surface area contributed by atoms with Gasteiger partial charge in [-0.15, -0.1) is 0 Å². The van der Waals surface area contributed by atoms with Crippen molar-refractivity contribution in [1.29, 1.82) is 5.26 Å². The molecular weight excluding hydrogens is 324 g/mol. The van der Waals surface area contributed by atoms with Crippen LogP contribution < -0.4 is 11.5 Å². The highest BCUT2D eigenvalue weighted by atomic mass is 15.1. The number of hydrogen-bond acceptors (Lipinski definition) is 6. The van der Waals surface area contributed by atoms with Gasteiger partial charge in [0.05, 0.1) is 5.69 Å². The van der Waals surface area contributed by atoms with E-state index in [2.05, 4.69) is 46.9 Å². The molecule has 0 aliphatic carbocycles. The van der Waals surface area contributed by atoms with Crippen molar-refractivity contribution in [2.45, 2.75) is 40.2 Å². The van der Waals surface area contributed by atoms with Crippen molar-refractivity contribution in [3.63, 3.8) is 0 Å². The van der Waals surface area contributed by atoms with Crippen molar-refractivity contribution in [3.05, 3.63) is 34.4 Å². The van der Waals surface area contributed by atoms with E-state index < -0.39 is 0 Å². The van der Waals surface area contributed by atoms with Crippen LogP contribution in [0, 0.1) is 31.1 Å². The number of rotatable bonds is 3. The summed E-state index contributed by atoms with van der Waals surface area (Å²) < 4.78 is 0. The van der Waals surface area contributed by atoms with Gasteiger partial charge in [0.25, 0.3) is 0 Å². The number of nitriles is 1. The Balaban J connectivity index is 2.01. The van der Waals surface area contributed by atoms with Crippen molar-refractivity contribution in [2.24, 2.45) is 5.92 Å². The topological polar surface area (TPSA) is 105 Å². The van der Waals surface area contributed by atoms with Crippen LogP contribution in [-0.2, 0) is 6.54 Å². The monoisotopic (exact) mass is 350 g/mol. The summed E-state index contributed by atoms with van der Waals surface area (Å²) in [6.07, 6.45) is 2.49. The fraction of sp³-hybridized carbons (Fsp3) is 0.450. The Labute approximate surface area is 154 Å². The molecular formula is C20H26N6. The number of nitrogen functional groups attached to an aromatic ring is 2. The highest BCUT2D eigenvalue weighted by Gasteiger charge is 2.19. The number of anilines is 2. The molecule has 0 amide bonds. The van der Waals surface area contributed by atoms with E-state index in [9.17, 15) is 5.26 Å². The second kappa shape index (κ2) is 7.30. The van der Waals surface area contributed by atoms with E-state index in [0.717, 1.165) is 36.7 Å². The second-order valence-electron chi connectivity index (χ2n) is 7.35. The summed E-state index contributed by atoms with van der Waals surface area (Å²) in [4.78, 5) is 10.7. The first-order valence-corrected chi connectivity index (χ1v) is 9.05. The Kier molecular flexibility index (Phi) is 5.10. The average Bonchev–Trinajstić information content (AvgIpc) is 2.58. The Morgan fingerprint density at radius 3 is 2.50 bits per heavy atom. The normalized spacial score (nSPS) is 15.8. The summed E-state index contributed by atoms with van der Waals surface area (Å²) in [5, 5.41) is 9.49. The van der Waals surface area contributed by atoms with Crippen LogP contribution >= 0.6 is 0 Å². The van der Waals surface area contributed by atoms with E-state index in [1.54, 1.807) is 0 Å². The molecule has 1 aromatic heterocycles. The molecule has 0 radical (unpaired) electrons. The predicted molar refractivity (Wildman–Crippen MR) is 104 cm³/mol. The second-order valence-corrected chi connectivity index (χ2v) is 7.35. The summed E-state index contributed by atoms with van der Waals surface area (Å²) in [7, 11) is 0. The van der Waals surface area contributed by atoms with Gasteiger partial charge in [0.15, 0.2) is 0 Å². The first-order chi connectivity index (χ1) is 12.4. The number of nitrogens with zero attached hydrogens (tertiary/aromatic N) is 4. The van der Waals surface area contributed by atoms with Crippen LogP contribution in [0.4, 0.5) is 11.8 Å². The number of benzene rings is 1. The Hall–Kier alpha value is -2.65. The molecule has 1 aromatic carbocycles. The van der Waals surface area contributed by atoms with E-state index in [1.165, 1.54) is 24.0 Å². The van der Waals surface area contributed by atoms with Gasteiger partial charge in [-0.1, -0.05) is 13.0 Å². The van der Waals surface area contributed by atoms with Crippen molar-refractivity contribution in [3.8, 4) is 17.3 Å². The van der Waals surface area contributed by atoms with Crippen LogP contribution in [0.1, 0.15) is 42.0 Å². The molecule has 6 heteroatoms. The number of hydrogen-bond donors (Lipinski definition) is 2. The molecule has 2 aromatic rings. The van der Waals surface area contributed by atoms with Crippen molar-refractivity contribution < 1.29 is 0 Å². The molecule has 0 saturated carbocycles. The fourth-order valence-corrected chi connectivity index (χ4v) is 3.58. The lowest BCUT2D eigenvalue weighted by Gasteiger charge is -2.30. The Morgan fingerprint density at radius 2 is 1.85 bits per heavy atom. The molecule has 1 fully saturated rings. The van der Waals surface area contributed by atoms with Crippen LogP contribution in [0.3, 0.4) is 0 Å². The zero-order valence-electron chi connectivity index (χ0n) is 15.7. The maximum Gasteiger partial charge on any atom is 0.222 e. The molecule has 26 heavy (non-hydrogen) atoms. The number of aryl methyl sites for hydroxylation is 2. The largest absolute Gasteiger partial charge is 0.382 e. The summed E-state index contributed by atoms with van der Waals surface area (Å²) >= 11 is 0. The van der Waals surface area contributed by atoms with E-state index in [4.69, 9.17) is 11.5 Å². The van der Waals surface area contributed by atoms with Gasteiger partial charge < -0.3 is 11.5 Å². The number of nitrogens with two attached hydrogens (primary N) is 2. The minimum Gasteiger partial charge on any atom is -0.382 e. The number of aromatic nitrogens is 2. The summed E-state index contributed by atoms with van der Waals surface area (Å²) in [5.41, 5.74) is 16.9. The maximum atomic E-state index is 9.49. The highest BCUT2D eigenvalue weighted by molar-refractivity contribution is 5.76. The van der Waals surface area contributed by atoms with Gasteiger partial charge in [-0.25, -0.2) is 4.98 Å². The van der Waals surface area contributed by atoms with E-state index in [1.807, 2.05) is 6.92 Å². The van der Waals surface area contributed by atoms with Crippen LogP contribution in [0.2, 0.25) is 0 Å². The lowest BCUT2D eigenvalue weighted by atomic mass is 9.94. The van der Waals surface area contributed by atoms with E-state index in [-0.39, 0.29) is 17.3 Å². The van der Waals surface area contributed by atoms with Gasteiger partial charge in [-0.2, -0.15) is 10.2 Å². The molecule has 0 bridgehead atoms. The van der Waals surface area contributed by atoms with Gasteiger partial charge in [0, 0.05) is 12.1 Å². The Morgan fingerprint density at radius 1 is 1.15 bits per heavy atom. The molecule has 1 aliphatic rings. The van der Waals surface area contributed by atoms with Gasteiger partial charge in [-0.3, -0.25) is 4.90 Å². The average molecular weight is 350 g/mol. The quantitative estimate of drug-likeness (QED) is 0.881.